The second kappa shape index (κ2) is 16.4. The Balaban J connectivity index is 4.25. The number of carbonyl (C=O) groups excluding carboxylic acids is 1. The number of esters is 1. The number of methoxy groups -OCH3 is 1. The lowest BCUT2D eigenvalue weighted by Gasteiger charge is -2.39. The molecule has 0 radical (unpaired) electrons. The van der Waals surface area contributed by atoms with Gasteiger partial charge in [0.05, 0.1) is 7.11 Å². The van der Waals surface area contributed by atoms with E-state index in [1.54, 1.807) is 0 Å². The van der Waals surface area contributed by atoms with Crippen LogP contribution in [-0.2, 0) is 14.0 Å². The molecule has 0 heterocycles. The normalized spacial score (nSPS) is 13.5. The number of hydrogen-bond acceptors (Lipinski definition) is 3. The third kappa shape index (κ3) is 15.1. The largest absolute Gasteiger partial charge is 0.469 e. The molecule has 4 heteroatoms. The Morgan fingerprint density at radius 3 is 1.69 bits per heavy atom. The van der Waals surface area contributed by atoms with Crippen molar-refractivity contribution >= 4 is 14.3 Å². The monoisotopic (exact) mass is 428 g/mol. The molecule has 0 saturated carbocycles. The van der Waals surface area contributed by atoms with Crippen LogP contribution in [0.3, 0.4) is 0 Å². The molecule has 0 bridgehead atoms. The summed E-state index contributed by atoms with van der Waals surface area (Å²) in [5.74, 6) is -0.0844. The standard InChI is InChI=1S/C25H52O3Si/c1-8-9-10-11-12-13-14-17-20-23(28-29(6,7)25(2,3)4)21-18-15-16-19-22-24(26)27-5/h23H,8-22H2,1-7H3. The van der Waals surface area contributed by atoms with Gasteiger partial charge in [0.1, 0.15) is 0 Å². The van der Waals surface area contributed by atoms with Gasteiger partial charge in [-0.3, -0.25) is 4.79 Å². The first-order valence-corrected chi connectivity index (χ1v) is 15.3. The highest BCUT2D eigenvalue weighted by atomic mass is 28.4. The molecule has 0 spiro atoms. The molecular formula is C25H52O3Si. The summed E-state index contributed by atoms with van der Waals surface area (Å²) in [5, 5.41) is 0.269. The number of rotatable bonds is 18. The summed E-state index contributed by atoms with van der Waals surface area (Å²) in [6.07, 6.45) is 18.8. The van der Waals surface area contributed by atoms with E-state index in [4.69, 9.17) is 9.16 Å². The van der Waals surface area contributed by atoms with Crippen LogP contribution >= 0.6 is 0 Å². The molecular weight excluding hydrogens is 376 g/mol. The first-order valence-electron chi connectivity index (χ1n) is 12.4. The van der Waals surface area contributed by atoms with Crippen molar-refractivity contribution < 1.29 is 14.0 Å². The molecule has 0 aliphatic rings. The number of hydrogen-bond donors (Lipinski definition) is 0. The summed E-state index contributed by atoms with van der Waals surface area (Å²) in [4.78, 5) is 11.2. The average molecular weight is 429 g/mol. The van der Waals surface area contributed by atoms with Crippen LogP contribution in [0, 0.1) is 0 Å². The maximum absolute atomic E-state index is 11.2. The van der Waals surface area contributed by atoms with E-state index in [2.05, 4.69) is 40.8 Å². The number of unbranched alkanes of at least 4 members (excludes halogenated alkanes) is 10. The first-order chi connectivity index (χ1) is 13.6. The van der Waals surface area contributed by atoms with Crippen LogP contribution in [0.25, 0.3) is 0 Å². The van der Waals surface area contributed by atoms with Crippen LogP contribution in [0.1, 0.15) is 124 Å². The zero-order valence-corrected chi connectivity index (χ0v) is 21.9. The summed E-state index contributed by atoms with van der Waals surface area (Å²) in [7, 11) is -0.246. The van der Waals surface area contributed by atoms with Crippen molar-refractivity contribution in [2.24, 2.45) is 0 Å². The maximum atomic E-state index is 11.2. The molecule has 0 aromatic heterocycles. The van der Waals surface area contributed by atoms with Gasteiger partial charge < -0.3 is 9.16 Å². The van der Waals surface area contributed by atoms with Crippen LogP contribution in [0.2, 0.25) is 18.1 Å². The van der Waals surface area contributed by atoms with Crippen molar-refractivity contribution in [2.75, 3.05) is 7.11 Å². The second-order valence-electron chi connectivity index (χ2n) is 10.3. The summed E-state index contributed by atoms with van der Waals surface area (Å²) in [5.41, 5.74) is 0. The van der Waals surface area contributed by atoms with E-state index in [0.29, 0.717) is 12.5 Å². The Bertz CT molecular complexity index is 401. The minimum absolute atomic E-state index is 0.0844. The number of carbonyl (C=O) groups is 1. The molecule has 3 nitrogen and oxygen atoms in total. The van der Waals surface area contributed by atoms with E-state index >= 15 is 0 Å². The van der Waals surface area contributed by atoms with Crippen LogP contribution < -0.4 is 0 Å². The van der Waals surface area contributed by atoms with Gasteiger partial charge in [0, 0.05) is 12.5 Å². The molecule has 0 aliphatic heterocycles. The lowest BCUT2D eigenvalue weighted by Crippen LogP contribution is -2.44. The predicted octanol–water partition coefficient (Wildman–Crippen LogP) is 8.42. The van der Waals surface area contributed by atoms with Crippen molar-refractivity contribution in [3.05, 3.63) is 0 Å². The molecule has 1 unspecified atom stereocenters. The fraction of sp³-hybridized carbons (Fsp3) is 0.960. The number of ether oxygens (including phenoxy) is 1. The summed E-state index contributed by atoms with van der Waals surface area (Å²) in [6, 6.07) is 0. The van der Waals surface area contributed by atoms with E-state index in [-0.39, 0.29) is 11.0 Å². The van der Waals surface area contributed by atoms with E-state index < -0.39 is 8.32 Å². The topological polar surface area (TPSA) is 35.5 Å². The SMILES string of the molecule is CCCCCCCCCCC(CCCCCCC(=O)OC)O[Si](C)(C)C(C)(C)C. The Morgan fingerprint density at radius 1 is 0.793 bits per heavy atom. The Hall–Kier alpha value is -0.353. The molecule has 0 aromatic rings. The predicted molar refractivity (Wildman–Crippen MR) is 129 cm³/mol. The first kappa shape index (κ1) is 28.6. The lowest BCUT2D eigenvalue weighted by atomic mass is 10.0. The average Bonchev–Trinajstić information content (AvgIpc) is 2.64. The molecule has 0 aliphatic carbocycles. The third-order valence-electron chi connectivity index (χ3n) is 6.53. The van der Waals surface area contributed by atoms with Crippen molar-refractivity contribution in [3.8, 4) is 0 Å². The molecule has 0 N–H and O–H groups in total. The molecule has 0 amide bonds. The van der Waals surface area contributed by atoms with Gasteiger partial charge in [-0.25, -0.2) is 0 Å². The molecule has 0 saturated heterocycles. The molecule has 1 atom stereocenters. The van der Waals surface area contributed by atoms with Gasteiger partial charge in [-0.05, 0) is 37.4 Å². The molecule has 0 fully saturated rings. The van der Waals surface area contributed by atoms with Crippen LogP contribution in [0.4, 0.5) is 0 Å². The zero-order chi connectivity index (χ0) is 22.2. The van der Waals surface area contributed by atoms with E-state index in [1.807, 2.05) is 0 Å². The van der Waals surface area contributed by atoms with Gasteiger partial charge in [-0.1, -0.05) is 98.3 Å². The molecule has 174 valence electrons. The van der Waals surface area contributed by atoms with E-state index in [1.165, 1.54) is 84.2 Å². The van der Waals surface area contributed by atoms with Gasteiger partial charge in [0.2, 0.25) is 0 Å². The smallest absolute Gasteiger partial charge is 0.305 e. The molecule has 29 heavy (non-hydrogen) atoms. The fourth-order valence-corrected chi connectivity index (χ4v) is 4.88. The quantitative estimate of drug-likeness (QED) is 0.125. The summed E-state index contributed by atoms with van der Waals surface area (Å²) >= 11 is 0. The summed E-state index contributed by atoms with van der Waals surface area (Å²) < 4.78 is 11.5. The van der Waals surface area contributed by atoms with E-state index in [0.717, 1.165) is 12.8 Å². The minimum atomic E-state index is -1.71. The van der Waals surface area contributed by atoms with Gasteiger partial charge in [0.25, 0.3) is 0 Å². The Morgan fingerprint density at radius 2 is 1.24 bits per heavy atom. The van der Waals surface area contributed by atoms with Crippen molar-refractivity contribution in [3.63, 3.8) is 0 Å². The van der Waals surface area contributed by atoms with Gasteiger partial charge in [0.15, 0.2) is 8.32 Å². The Labute approximate surface area is 183 Å². The van der Waals surface area contributed by atoms with Crippen molar-refractivity contribution in [2.45, 2.75) is 148 Å². The molecule has 0 rings (SSSR count). The van der Waals surface area contributed by atoms with Crippen LogP contribution in [-0.4, -0.2) is 27.5 Å². The van der Waals surface area contributed by atoms with E-state index in [9.17, 15) is 4.79 Å². The van der Waals surface area contributed by atoms with Crippen molar-refractivity contribution in [1.29, 1.82) is 0 Å². The lowest BCUT2D eigenvalue weighted by molar-refractivity contribution is -0.140. The second-order valence-corrected chi connectivity index (χ2v) is 15.0. The minimum Gasteiger partial charge on any atom is -0.469 e. The highest BCUT2D eigenvalue weighted by Gasteiger charge is 2.38. The van der Waals surface area contributed by atoms with Gasteiger partial charge >= 0.3 is 5.97 Å². The summed E-state index contributed by atoms with van der Waals surface area (Å²) in [6.45, 7) is 14.0. The highest BCUT2D eigenvalue weighted by molar-refractivity contribution is 6.74. The maximum Gasteiger partial charge on any atom is 0.305 e. The van der Waals surface area contributed by atoms with Crippen LogP contribution in [0.5, 0.6) is 0 Å². The third-order valence-corrected chi connectivity index (χ3v) is 11.1. The van der Waals surface area contributed by atoms with Gasteiger partial charge in [-0.2, -0.15) is 0 Å². The van der Waals surface area contributed by atoms with Crippen molar-refractivity contribution in [1.82, 2.24) is 0 Å². The van der Waals surface area contributed by atoms with Gasteiger partial charge in [-0.15, -0.1) is 0 Å². The van der Waals surface area contributed by atoms with Crippen LogP contribution in [0.15, 0.2) is 0 Å². The molecule has 0 aromatic carbocycles. The Kier molecular flexibility index (Phi) is 16.2. The zero-order valence-electron chi connectivity index (χ0n) is 20.9. The fourth-order valence-electron chi connectivity index (χ4n) is 3.46. The highest BCUT2D eigenvalue weighted by Crippen LogP contribution is 2.38.